The molecule has 0 unspecified atom stereocenters. The van der Waals surface area contributed by atoms with Crippen LogP contribution >= 0.6 is 0 Å². The van der Waals surface area contributed by atoms with Crippen LogP contribution in [0.2, 0.25) is 0 Å². The molecule has 0 atom stereocenters. The van der Waals surface area contributed by atoms with Crippen molar-refractivity contribution >= 4 is 23.2 Å². The van der Waals surface area contributed by atoms with E-state index < -0.39 is 0 Å². The van der Waals surface area contributed by atoms with Crippen molar-refractivity contribution in [2.45, 2.75) is 13.3 Å². The number of nitrogens with one attached hydrogen (secondary N) is 2. The summed E-state index contributed by atoms with van der Waals surface area (Å²) in [5.74, 6) is 0.124. The molecule has 1 aliphatic heterocycles. The molecule has 7 nitrogen and oxygen atoms in total. The molecule has 3 rings (SSSR count). The molecule has 0 bridgehead atoms. The van der Waals surface area contributed by atoms with Crippen molar-refractivity contribution in [1.82, 2.24) is 9.78 Å². The van der Waals surface area contributed by atoms with E-state index in [4.69, 9.17) is 4.74 Å². The summed E-state index contributed by atoms with van der Waals surface area (Å²) in [6.07, 6.45) is 0.767. The zero-order valence-corrected chi connectivity index (χ0v) is 12.3. The first kappa shape index (κ1) is 14.1. The van der Waals surface area contributed by atoms with Gasteiger partial charge in [0.2, 0.25) is 0 Å². The molecule has 1 aliphatic rings. The van der Waals surface area contributed by atoms with Gasteiger partial charge in [0, 0.05) is 12.7 Å². The Hall–Kier alpha value is -2.83. The van der Waals surface area contributed by atoms with Gasteiger partial charge in [0.1, 0.15) is 11.4 Å². The number of carbonyl (C=O) groups is 2. The minimum Gasteiger partial charge on any atom is -0.482 e. The van der Waals surface area contributed by atoms with Crippen LogP contribution in [0.25, 0.3) is 0 Å². The largest absolute Gasteiger partial charge is 0.482 e. The number of fused-ring (bicyclic) bond motifs is 1. The van der Waals surface area contributed by atoms with Crippen molar-refractivity contribution < 1.29 is 14.3 Å². The highest BCUT2D eigenvalue weighted by atomic mass is 16.5. The standard InChI is InChI=1S/C15H16N4O3/c1-3-9-7-12(19(2)18-9)15(21)16-10-4-5-13-11(6-10)17-14(20)8-22-13/h4-7H,3,8H2,1-2H3,(H,16,21)(H,17,20). The molecule has 114 valence electrons. The first-order valence-corrected chi connectivity index (χ1v) is 6.98. The lowest BCUT2D eigenvalue weighted by Crippen LogP contribution is -2.25. The van der Waals surface area contributed by atoms with Gasteiger partial charge in [0.05, 0.1) is 11.4 Å². The van der Waals surface area contributed by atoms with Gasteiger partial charge in [-0.25, -0.2) is 0 Å². The Morgan fingerprint density at radius 2 is 2.27 bits per heavy atom. The van der Waals surface area contributed by atoms with E-state index in [2.05, 4.69) is 15.7 Å². The van der Waals surface area contributed by atoms with Crippen LogP contribution in [0.1, 0.15) is 23.1 Å². The zero-order valence-electron chi connectivity index (χ0n) is 12.3. The molecule has 2 amide bonds. The Bertz CT molecular complexity index is 751. The van der Waals surface area contributed by atoms with E-state index in [-0.39, 0.29) is 18.4 Å². The number of anilines is 2. The molecule has 2 heterocycles. The van der Waals surface area contributed by atoms with Crippen LogP contribution in [0.3, 0.4) is 0 Å². The first-order valence-electron chi connectivity index (χ1n) is 6.98. The molecule has 0 radical (unpaired) electrons. The maximum absolute atomic E-state index is 12.3. The van der Waals surface area contributed by atoms with Crippen molar-refractivity contribution in [3.8, 4) is 5.75 Å². The fourth-order valence-corrected chi connectivity index (χ4v) is 2.27. The van der Waals surface area contributed by atoms with Crippen molar-refractivity contribution in [3.63, 3.8) is 0 Å². The number of nitrogens with zero attached hydrogens (tertiary/aromatic N) is 2. The number of aryl methyl sites for hydroxylation is 2. The van der Waals surface area contributed by atoms with Crippen LogP contribution in [0.15, 0.2) is 24.3 Å². The van der Waals surface area contributed by atoms with Gasteiger partial charge in [-0.15, -0.1) is 0 Å². The van der Waals surface area contributed by atoms with Crippen molar-refractivity contribution in [1.29, 1.82) is 0 Å². The Balaban J connectivity index is 1.80. The summed E-state index contributed by atoms with van der Waals surface area (Å²) < 4.78 is 6.83. The van der Waals surface area contributed by atoms with Crippen LogP contribution in [0.5, 0.6) is 5.75 Å². The first-order chi connectivity index (χ1) is 10.6. The van der Waals surface area contributed by atoms with Crippen LogP contribution in [0.4, 0.5) is 11.4 Å². The lowest BCUT2D eigenvalue weighted by molar-refractivity contribution is -0.118. The minimum absolute atomic E-state index is 0.00746. The SMILES string of the molecule is CCc1cc(C(=O)Nc2ccc3c(c2)NC(=O)CO3)n(C)n1. The molecular formula is C15H16N4O3. The van der Waals surface area contributed by atoms with Crippen molar-refractivity contribution in [2.24, 2.45) is 7.05 Å². The summed E-state index contributed by atoms with van der Waals surface area (Å²) in [5, 5.41) is 9.75. The lowest BCUT2D eigenvalue weighted by Gasteiger charge is -2.18. The number of hydrogen-bond donors (Lipinski definition) is 2. The van der Waals surface area contributed by atoms with E-state index in [1.165, 1.54) is 0 Å². The molecule has 1 aromatic carbocycles. The zero-order chi connectivity index (χ0) is 15.7. The van der Waals surface area contributed by atoms with Gasteiger partial charge in [-0.1, -0.05) is 6.92 Å². The van der Waals surface area contributed by atoms with E-state index in [0.717, 1.165) is 12.1 Å². The molecule has 7 heteroatoms. The fourth-order valence-electron chi connectivity index (χ4n) is 2.27. The Labute approximate surface area is 127 Å². The number of hydrogen-bond acceptors (Lipinski definition) is 4. The van der Waals surface area contributed by atoms with Gasteiger partial charge in [-0.05, 0) is 30.7 Å². The predicted octanol–water partition coefficient (Wildman–Crippen LogP) is 1.57. The Morgan fingerprint density at radius 3 is 3.00 bits per heavy atom. The van der Waals surface area contributed by atoms with E-state index in [1.807, 2.05) is 6.92 Å². The Kier molecular flexibility index (Phi) is 3.54. The topological polar surface area (TPSA) is 85.3 Å². The summed E-state index contributed by atoms with van der Waals surface area (Å²) in [5.41, 5.74) is 2.47. The lowest BCUT2D eigenvalue weighted by atomic mass is 10.2. The number of benzene rings is 1. The number of rotatable bonds is 3. The van der Waals surface area contributed by atoms with E-state index in [1.54, 1.807) is 36.0 Å². The van der Waals surface area contributed by atoms with Gasteiger partial charge >= 0.3 is 0 Å². The third-order valence-corrected chi connectivity index (χ3v) is 3.40. The highest BCUT2D eigenvalue weighted by molar-refractivity contribution is 6.04. The second kappa shape index (κ2) is 5.51. The maximum Gasteiger partial charge on any atom is 0.273 e. The average Bonchev–Trinajstić information content (AvgIpc) is 2.88. The minimum atomic E-state index is -0.252. The number of aromatic nitrogens is 2. The molecule has 1 aromatic heterocycles. The summed E-state index contributed by atoms with van der Waals surface area (Å²) in [7, 11) is 1.73. The van der Waals surface area contributed by atoms with Gasteiger partial charge in [0.25, 0.3) is 11.8 Å². The normalized spacial score (nSPS) is 13.1. The molecule has 2 aromatic rings. The molecular weight excluding hydrogens is 284 g/mol. The smallest absolute Gasteiger partial charge is 0.273 e. The van der Waals surface area contributed by atoms with Crippen molar-refractivity contribution in [3.05, 3.63) is 35.7 Å². The quantitative estimate of drug-likeness (QED) is 0.901. The highest BCUT2D eigenvalue weighted by Gasteiger charge is 2.17. The van der Waals surface area contributed by atoms with Gasteiger partial charge in [-0.3, -0.25) is 14.3 Å². The van der Waals surface area contributed by atoms with Gasteiger partial charge in [-0.2, -0.15) is 5.10 Å². The number of ether oxygens (including phenoxy) is 1. The number of carbonyl (C=O) groups excluding carboxylic acids is 2. The van der Waals surface area contributed by atoms with Crippen molar-refractivity contribution in [2.75, 3.05) is 17.2 Å². The average molecular weight is 300 g/mol. The van der Waals surface area contributed by atoms with Crippen LogP contribution in [-0.2, 0) is 18.3 Å². The van der Waals surface area contributed by atoms with E-state index in [9.17, 15) is 9.59 Å². The van der Waals surface area contributed by atoms with E-state index in [0.29, 0.717) is 22.8 Å². The fraction of sp³-hybridized carbons (Fsp3) is 0.267. The molecule has 0 aliphatic carbocycles. The monoisotopic (exact) mass is 300 g/mol. The van der Waals surface area contributed by atoms with E-state index >= 15 is 0 Å². The van der Waals surface area contributed by atoms with Gasteiger partial charge < -0.3 is 15.4 Å². The third kappa shape index (κ3) is 2.65. The van der Waals surface area contributed by atoms with Crippen LogP contribution in [-0.4, -0.2) is 28.2 Å². The molecule has 2 N–H and O–H groups in total. The van der Waals surface area contributed by atoms with Crippen LogP contribution in [0, 0.1) is 0 Å². The van der Waals surface area contributed by atoms with Gasteiger partial charge in [0.15, 0.2) is 6.61 Å². The summed E-state index contributed by atoms with van der Waals surface area (Å²) in [6.45, 7) is 1.99. The molecule has 0 fully saturated rings. The summed E-state index contributed by atoms with van der Waals surface area (Å²) >= 11 is 0. The predicted molar refractivity (Wildman–Crippen MR) is 81.1 cm³/mol. The third-order valence-electron chi connectivity index (χ3n) is 3.40. The number of amides is 2. The highest BCUT2D eigenvalue weighted by Crippen LogP contribution is 2.30. The molecule has 0 saturated carbocycles. The maximum atomic E-state index is 12.3. The summed E-state index contributed by atoms with van der Waals surface area (Å²) in [4.78, 5) is 23.6. The molecule has 0 saturated heterocycles. The molecule has 0 spiro atoms. The van der Waals surface area contributed by atoms with Crippen LogP contribution < -0.4 is 15.4 Å². The summed E-state index contributed by atoms with van der Waals surface area (Å²) in [6, 6.07) is 6.87. The second-order valence-electron chi connectivity index (χ2n) is 5.00. The molecule has 22 heavy (non-hydrogen) atoms. The second-order valence-corrected chi connectivity index (χ2v) is 5.00. The Morgan fingerprint density at radius 1 is 1.45 bits per heavy atom.